The van der Waals surface area contributed by atoms with Crippen molar-refractivity contribution < 1.29 is 32.6 Å². The lowest BCUT2D eigenvalue weighted by atomic mass is 10.0. The van der Waals surface area contributed by atoms with E-state index in [-0.39, 0.29) is 30.5 Å². The van der Waals surface area contributed by atoms with E-state index in [4.69, 9.17) is 4.74 Å². The van der Waals surface area contributed by atoms with Crippen molar-refractivity contribution in [2.45, 2.75) is 44.5 Å². The summed E-state index contributed by atoms with van der Waals surface area (Å²) in [5, 5.41) is 14.1. The van der Waals surface area contributed by atoms with Crippen molar-refractivity contribution in [1.82, 2.24) is 19.6 Å². The van der Waals surface area contributed by atoms with Gasteiger partial charge in [-0.2, -0.15) is 18.3 Å². The van der Waals surface area contributed by atoms with Crippen LogP contribution in [0, 0.1) is 12.8 Å². The first kappa shape index (κ1) is 26.1. The molecule has 0 bridgehead atoms. The number of ether oxygens (including phenoxy) is 1. The molecule has 4 aliphatic rings. The maximum atomic E-state index is 13.4. The number of rotatable bonds is 5. The Hall–Kier alpha value is -3.12. The molecule has 3 atom stereocenters. The summed E-state index contributed by atoms with van der Waals surface area (Å²) < 4.78 is 47.3. The predicted molar refractivity (Wildman–Crippen MR) is 134 cm³/mol. The van der Waals surface area contributed by atoms with Crippen LogP contribution in [0.2, 0.25) is 0 Å². The van der Waals surface area contributed by atoms with Crippen LogP contribution in [0.4, 0.5) is 18.9 Å². The van der Waals surface area contributed by atoms with Gasteiger partial charge in [0.1, 0.15) is 6.54 Å². The molecular formula is C27H32F3N5O4. The van der Waals surface area contributed by atoms with Gasteiger partial charge in [0.2, 0.25) is 5.91 Å². The normalized spacial score (nSPS) is 24.5. The molecule has 0 unspecified atom stereocenters. The van der Waals surface area contributed by atoms with Gasteiger partial charge in [-0.25, -0.2) is 0 Å². The average Bonchev–Trinajstić information content (AvgIpc) is 3.45. The summed E-state index contributed by atoms with van der Waals surface area (Å²) in [4.78, 5) is 32.0. The number of aromatic nitrogens is 2. The molecule has 6 rings (SSSR count). The fraction of sp³-hybridized carbons (Fsp3) is 0.593. The molecule has 0 radical (unpaired) electrons. The van der Waals surface area contributed by atoms with Gasteiger partial charge in [0.15, 0.2) is 5.69 Å². The molecule has 1 N–H and O–H groups in total. The van der Waals surface area contributed by atoms with Crippen molar-refractivity contribution >= 4 is 17.5 Å². The smallest absolute Gasteiger partial charge is 0.394 e. The fourth-order valence-electron chi connectivity index (χ4n) is 6.34. The Morgan fingerprint density at radius 3 is 2.62 bits per heavy atom. The van der Waals surface area contributed by atoms with Crippen LogP contribution >= 0.6 is 0 Å². The van der Waals surface area contributed by atoms with Gasteiger partial charge < -0.3 is 24.5 Å². The standard InChI is InChI=1S/C27H32F3N5O4/c1-16-20(27(28,29)30)3-2-4-21(16)32-5-7-33(8-6-32)23(37)14-35-22-12-17-11-19(17)24(22)25(31-35)26(38)34-9-10-39-18(13-34)15-36/h2-4,17-19,36H,5-15H2,1H3/t17-,18+,19-/m1/s1. The first-order valence-corrected chi connectivity index (χ1v) is 13.5. The highest BCUT2D eigenvalue weighted by Crippen LogP contribution is 2.57. The molecule has 2 aliphatic carbocycles. The third-order valence-electron chi connectivity index (χ3n) is 8.55. The van der Waals surface area contributed by atoms with E-state index in [2.05, 4.69) is 5.10 Å². The van der Waals surface area contributed by atoms with Crippen LogP contribution in [0.3, 0.4) is 0 Å². The minimum Gasteiger partial charge on any atom is -0.394 e. The van der Waals surface area contributed by atoms with E-state index in [1.807, 2.05) is 4.90 Å². The largest absolute Gasteiger partial charge is 0.416 e. The number of alkyl halides is 3. The molecule has 1 aromatic carbocycles. The molecule has 2 aromatic rings. The number of benzene rings is 1. The lowest BCUT2D eigenvalue weighted by Gasteiger charge is -2.37. The van der Waals surface area contributed by atoms with Crippen molar-refractivity contribution in [2.24, 2.45) is 5.92 Å². The number of morpholine rings is 1. The van der Waals surface area contributed by atoms with Gasteiger partial charge in [0.05, 0.1) is 24.9 Å². The molecule has 3 fully saturated rings. The highest BCUT2D eigenvalue weighted by Gasteiger charge is 2.50. The summed E-state index contributed by atoms with van der Waals surface area (Å²) in [7, 11) is 0. The number of aliphatic hydroxyl groups excluding tert-OH is 1. The highest BCUT2D eigenvalue weighted by atomic mass is 19.4. The SMILES string of the molecule is Cc1c(N2CCN(C(=O)Cn3nc(C(=O)N4CCO[C@H](CO)C4)c4c3C[C@H]3C[C@@H]43)CC2)cccc1C(F)(F)F. The Balaban J connectivity index is 1.14. The van der Waals surface area contributed by atoms with Gasteiger partial charge in [-0.05, 0) is 49.3 Å². The van der Waals surface area contributed by atoms with Gasteiger partial charge in [-0.15, -0.1) is 0 Å². The summed E-state index contributed by atoms with van der Waals surface area (Å²) in [5.74, 6) is 0.514. The average molecular weight is 548 g/mol. The van der Waals surface area contributed by atoms with E-state index in [0.717, 1.165) is 30.2 Å². The first-order valence-electron chi connectivity index (χ1n) is 13.5. The molecule has 1 saturated carbocycles. The summed E-state index contributed by atoms with van der Waals surface area (Å²) in [6.07, 6.45) is -2.98. The van der Waals surface area contributed by atoms with Crippen LogP contribution in [-0.2, 0) is 28.7 Å². The first-order chi connectivity index (χ1) is 18.7. The molecule has 2 amide bonds. The predicted octanol–water partition coefficient (Wildman–Crippen LogP) is 2.05. The number of nitrogens with zero attached hydrogens (tertiary/aromatic N) is 5. The number of carbonyl (C=O) groups excluding carboxylic acids is 2. The maximum absolute atomic E-state index is 13.4. The van der Waals surface area contributed by atoms with E-state index >= 15 is 0 Å². The number of hydrogen-bond acceptors (Lipinski definition) is 6. The molecular weight excluding hydrogens is 515 g/mol. The van der Waals surface area contributed by atoms with Crippen LogP contribution in [0.5, 0.6) is 0 Å². The molecule has 12 heteroatoms. The number of aliphatic hydroxyl groups is 1. The Labute approximate surface area is 224 Å². The number of piperazine rings is 1. The summed E-state index contributed by atoms with van der Waals surface area (Å²) >= 11 is 0. The lowest BCUT2D eigenvalue weighted by molar-refractivity contribution is -0.138. The summed E-state index contributed by atoms with van der Waals surface area (Å²) in [5.41, 5.74) is 2.42. The number of carbonyl (C=O) groups is 2. The monoisotopic (exact) mass is 547 g/mol. The third-order valence-corrected chi connectivity index (χ3v) is 8.55. The number of halogens is 3. The molecule has 210 valence electrons. The van der Waals surface area contributed by atoms with Crippen LogP contribution < -0.4 is 4.90 Å². The van der Waals surface area contributed by atoms with Crippen LogP contribution in [0.25, 0.3) is 0 Å². The second kappa shape index (κ2) is 9.81. The quantitative estimate of drug-likeness (QED) is 0.617. The fourth-order valence-corrected chi connectivity index (χ4v) is 6.34. The Bertz CT molecular complexity index is 1290. The van der Waals surface area contributed by atoms with Crippen LogP contribution in [0.15, 0.2) is 18.2 Å². The number of amides is 2. The highest BCUT2D eigenvalue weighted by molar-refractivity contribution is 5.95. The van der Waals surface area contributed by atoms with E-state index in [9.17, 15) is 27.9 Å². The van der Waals surface area contributed by atoms with Crippen LogP contribution in [0.1, 0.15) is 45.2 Å². The Morgan fingerprint density at radius 2 is 1.90 bits per heavy atom. The lowest BCUT2D eigenvalue weighted by Crippen LogP contribution is -2.50. The van der Waals surface area contributed by atoms with Crippen LogP contribution in [-0.4, -0.2) is 95.1 Å². The van der Waals surface area contributed by atoms with E-state index in [1.165, 1.54) is 13.0 Å². The van der Waals surface area contributed by atoms with Crippen molar-refractivity contribution in [3.63, 3.8) is 0 Å². The Morgan fingerprint density at radius 1 is 1.13 bits per heavy atom. The number of hydrogen-bond donors (Lipinski definition) is 1. The molecule has 9 nitrogen and oxygen atoms in total. The van der Waals surface area contributed by atoms with Gasteiger partial charge >= 0.3 is 6.18 Å². The van der Waals surface area contributed by atoms with Gasteiger partial charge in [-0.3, -0.25) is 14.3 Å². The zero-order valence-corrected chi connectivity index (χ0v) is 21.8. The topological polar surface area (TPSA) is 91.1 Å². The van der Waals surface area contributed by atoms with E-state index in [0.29, 0.717) is 69.1 Å². The molecule has 3 heterocycles. The zero-order chi connectivity index (χ0) is 27.5. The molecule has 1 aromatic heterocycles. The van der Waals surface area contributed by atoms with E-state index < -0.39 is 17.8 Å². The summed E-state index contributed by atoms with van der Waals surface area (Å²) in [6, 6.07) is 4.20. The number of fused-ring (bicyclic) bond motifs is 3. The van der Waals surface area contributed by atoms with Crippen molar-refractivity contribution in [3.8, 4) is 0 Å². The zero-order valence-electron chi connectivity index (χ0n) is 21.8. The minimum absolute atomic E-state index is 0.0278. The summed E-state index contributed by atoms with van der Waals surface area (Å²) in [6.45, 7) is 4.10. The second-order valence-corrected chi connectivity index (χ2v) is 10.9. The van der Waals surface area contributed by atoms with Gasteiger partial charge in [0, 0.05) is 56.2 Å². The third kappa shape index (κ3) is 4.77. The maximum Gasteiger partial charge on any atom is 0.416 e. The number of anilines is 1. The Kier molecular flexibility index (Phi) is 6.57. The molecule has 2 aliphatic heterocycles. The van der Waals surface area contributed by atoms with Gasteiger partial charge in [0.25, 0.3) is 5.91 Å². The van der Waals surface area contributed by atoms with E-state index in [1.54, 1.807) is 20.5 Å². The molecule has 2 saturated heterocycles. The second-order valence-electron chi connectivity index (χ2n) is 10.9. The molecule has 0 spiro atoms. The van der Waals surface area contributed by atoms with Gasteiger partial charge in [-0.1, -0.05) is 6.07 Å². The van der Waals surface area contributed by atoms with Crippen molar-refractivity contribution in [1.29, 1.82) is 0 Å². The molecule has 39 heavy (non-hydrogen) atoms. The minimum atomic E-state index is -4.41. The van der Waals surface area contributed by atoms with Crippen molar-refractivity contribution in [2.75, 3.05) is 57.4 Å². The van der Waals surface area contributed by atoms with Crippen molar-refractivity contribution in [3.05, 3.63) is 46.3 Å².